The molecule has 2 rings (SSSR count). The van der Waals surface area contributed by atoms with E-state index in [1.165, 1.54) is 4.31 Å². The normalized spacial score (nSPS) is 18.1. The predicted octanol–water partition coefficient (Wildman–Crippen LogP) is 2.71. The topological polar surface area (TPSA) is 66.5 Å². The molecule has 0 saturated carbocycles. The second-order valence-corrected chi connectivity index (χ2v) is 8.15. The van der Waals surface area contributed by atoms with Crippen molar-refractivity contribution in [1.29, 1.82) is 0 Å². The van der Waals surface area contributed by atoms with Gasteiger partial charge in [0.2, 0.25) is 15.9 Å². The molecule has 1 aliphatic heterocycles. The summed E-state index contributed by atoms with van der Waals surface area (Å²) in [5, 5.41) is 3.28. The lowest BCUT2D eigenvalue weighted by atomic mass is 10.1. The minimum absolute atomic E-state index is 0.128. The average Bonchev–Trinajstić information content (AvgIpc) is 2.41. The van der Waals surface area contributed by atoms with Crippen molar-refractivity contribution < 1.29 is 13.2 Å². The first kappa shape index (κ1) is 17.2. The Morgan fingerprint density at radius 2 is 2.05 bits per heavy atom. The van der Waals surface area contributed by atoms with E-state index in [-0.39, 0.29) is 24.6 Å². The minimum Gasteiger partial charge on any atom is -0.325 e. The van der Waals surface area contributed by atoms with Crippen molar-refractivity contribution in [1.82, 2.24) is 4.31 Å². The van der Waals surface area contributed by atoms with Gasteiger partial charge < -0.3 is 5.32 Å². The van der Waals surface area contributed by atoms with Gasteiger partial charge in [-0.2, -0.15) is 0 Å². The molecule has 7 heteroatoms. The third-order valence-corrected chi connectivity index (χ3v) is 5.99. The van der Waals surface area contributed by atoms with Crippen LogP contribution in [0.4, 0.5) is 5.69 Å². The van der Waals surface area contributed by atoms with Gasteiger partial charge in [0.25, 0.3) is 0 Å². The van der Waals surface area contributed by atoms with Crippen LogP contribution >= 0.6 is 11.6 Å². The number of sulfonamides is 1. The standard InChI is InChI=1S/C15H21ClN2O3S/c1-11-9-12(2)15(13(16)10-11)17-14(19)5-7-18-6-3-4-8-22(18,20)21/h9-10H,3-8H2,1-2H3,(H,17,19). The van der Waals surface area contributed by atoms with Crippen LogP contribution in [0.15, 0.2) is 12.1 Å². The molecule has 1 aromatic carbocycles. The molecular weight excluding hydrogens is 324 g/mol. The Labute approximate surface area is 136 Å². The fraction of sp³-hybridized carbons (Fsp3) is 0.533. The molecular formula is C15H21ClN2O3S. The average molecular weight is 345 g/mol. The predicted molar refractivity (Wildman–Crippen MR) is 88.8 cm³/mol. The molecule has 0 radical (unpaired) electrons. The lowest BCUT2D eigenvalue weighted by Crippen LogP contribution is -2.39. The fourth-order valence-corrected chi connectivity index (χ4v) is 4.57. The summed E-state index contributed by atoms with van der Waals surface area (Å²) in [6.45, 7) is 4.53. The number of halogens is 1. The molecule has 0 unspecified atom stereocenters. The summed E-state index contributed by atoms with van der Waals surface area (Å²) in [5.41, 5.74) is 2.52. The number of carbonyl (C=O) groups excluding carboxylic acids is 1. The highest BCUT2D eigenvalue weighted by atomic mass is 35.5. The Balaban J connectivity index is 1.96. The molecule has 1 saturated heterocycles. The van der Waals surface area contributed by atoms with Crippen LogP contribution < -0.4 is 5.32 Å². The number of nitrogens with zero attached hydrogens (tertiary/aromatic N) is 1. The van der Waals surface area contributed by atoms with E-state index in [0.717, 1.165) is 17.5 Å². The molecule has 22 heavy (non-hydrogen) atoms. The fourth-order valence-electron chi connectivity index (χ4n) is 2.59. The first-order valence-electron chi connectivity index (χ1n) is 7.34. The summed E-state index contributed by atoms with van der Waals surface area (Å²) >= 11 is 6.15. The van der Waals surface area contributed by atoms with E-state index in [9.17, 15) is 13.2 Å². The van der Waals surface area contributed by atoms with E-state index in [4.69, 9.17) is 11.6 Å². The number of hydrogen-bond donors (Lipinski definition) is 1. The molecule has 0 aliphatic carbocycles. The summed E-state index contributed by atoms with van der Waals surface area (Å²) in [7, 11) is -3.19. The number of benzene rings is 1. The van der Waals surface area contributed by atoms with Gasteiger partial charge >= 0.3 is 0 Å². The van der Waals surface area contributed by atoms with Gasteiger partial charge in [-0.3, -0.25) is 4.79 Å². The van der Waals surface area contributed by atoms with Crippen LogP contribution in [0.25, 0.3) is 0 Å². The molecule has 1 amide bonds. The van der Waals surface area contributed by atoms with Crippen LogP contribution in [0.1, 0.15) is 30.4 Å². The first-order chi connectivity index (χ1) is 10.3. The Morgan fingerprint density at radius 1 is 1.32 bits per heavy atom. The van der Waals surface area contributed by atoms with Crippen LogP contribution in [0.3, 0.4) is 0 Å². The van der Waals surface area contributed by atoms with Crippen molar-refractivity contribution in [2.24, 2.45) is 0 Å². The van der Waals surface area contributed by atoms with Gasteiger partial charge in [0.05, 0.1) is 16.5 Å². The molecule has 1 N–H and O–H groups in total. The molecule has 5 nitrogen and oxygen atoms in total. The molecule has 0 atom stereocenters. The first-order valence-corrected chi connectivity index (χ1v) is 9.33. The van der Waals surface area contributed by atoms with Crippen LogP contribution in [0.2, 0.25) is 5.02 Å². The van der Waals surface area contributed by atoms with E-state index in [2.05, 4.69) is 5.32 Å². The van der Waals surface area contributed by atoms with Crippen LogP contribution in [-0.2, 0) is 14.8 Å². The highest BCUT2D eigenvalue weighted by molar-refractivity contribution is 7.89. The second-order valence-electron chi connectivity index (χ2n) is 5.66. The lowest BCUT2D eigenvalue weighted by Gasteiger charge is -2.25. The van der Waals surface area contributed by atoms with E-state index < -0.39 is 10.0 Å². The van der Waals surface area contributed by atoms with E-state index in [0.29, 0.717) is 23.7 Å². The maximum Gasteiger partial charge on any atom is 0.225 e. The van der Waals surface area contributed by atoms with Crippen molar-refractivity contribution in [3.05, 3.63) is 28.3 Å². The summed E-state index contributed by atoms with van der Waals surface area (Å²) in [6, 6.07) is 3.73. The summed E-state index contributed by atoms with van der Waals surface area (Å²) < 4.78 is 25.1. The Kier molecular flexibility index (Phi) is 5.47. The molecule has 1 aliphatic rings. The van der Waals surface area contributed by atoms with Crippen LogP contribution in [0, 0.1) is 13.8 Å². The zero-order valence-corrected chi connectivity index (χ0v) is 14.4. The molecule has 1 heterocycles. The smallest absolute Gasteiger partial charge is 0.225 e. The van der Waals surface area contributed by atoms with E-state index >= 15 is 0 Å². The van der Waals surface area contributed by atoms with E-state index in [1.807, 2.05) is 19.9 Å². The minimum atomic E-state index is -3.19. The summed E-state index contributed by atoms with van der Waals surface area (Å²) in [6.07, 6.45) is 1.68. The Bertz CT molecular complexity index is 650. The number of carbonyl (C=O) groups is 1. The SMILES string of the molecule is Cc1cc(C)c(NC(=O)CCN2CCCCS2(=O)=O)c(Cl)c1. The maximum atomic E-state index is 12.1. The van der Waals surface area contributed by atoms with Crippen molar-refractivity contribution in [3.8, 4) is 0 Å². The monoisotopic (exact) mass is 344 g/mol. The van der Waals surface area contributed by atoms with Crippen molar-refractivity contribution in [2.45, 2.75) is 33.1 Å². The molecule has 1 aromatic rings. The molecule has 0 spiro atoms. The second kappa shape index (κ2) is 6.98. The maximum absolute atomic E-state index is 12.1. The number of anilines is 1. The third kappa shape index (κ3) is 4.21. The molecule has 0 aromatic heterocycles. The zero-order chi connectivity index (χ0) is 16.3. The molecule has 0 bridgehead atoms. The number of hydrogen-bond acceptors (Lipinski definition) is 3. The number of aryl methyl sites for hydroxylation is 2. The molecule has 1 fully saturated rings. The number of rotatable bonds is 4. The van der Waals surface area contributed by atoms with Crippen LogP contribution in [-0.4, -0.2) is 37.5 Å². The van der Waals surface area contributed by atoms with Gasteiger partial charge in [-0.1, -0.05) is 17.7 Å². The van der Waals surface area contributed by atoms with Gasteiger partial charge in [-0.15, -0.1) is 0 Å². The molecule has 122 valence electrons. The Morgan fingerprint density at radius 3 is 2.68 bits per heavy atom. The zero-order valence-electron chi connectivity index (χ0n) is 12.9. The van der Waals surface area contributed by atoms with Gasteiger partial charge in [0.15, 0.2) is 0 Å². The van der Waals surface area contributed by atoms with Crippen molar-refractivity contribution >= 4 is 33.2 Å². The largest absolute Gasteiger partial charge is 0.325 e. The summed E-state index contributed by atoms with van der Waals surface area (Å²) in [4.78, 5) is 12.1. The quantitative estimate of drug-likeness (QED) is 0.913. The Hall–Kier alpha value is -1.11. The van der Waals surface area contributed by atoms with Gasteiger partial charge in [-0.05, 0) is 43.9 Å². The lowest BCUT2D eigenvalue weighted by molar-refractivity contribution is -0.116. The van der Waals surface area contributed by atoms with Gasteiger partial charge in [-0.25, -0.2) is 12.7 Å². The van der Waals surface area contributed by atoms with Gasteiger partial charge in [0, 0.05) is 19.5 Å². The highest BCUT2D eigenvalue weighted by Gasteiger charge is 2.25. The van der Waals surface area contributed by atoms with Gasteiger partial charge in [0.1, 0.15) is 0 Å². The van der Waals surface area contributed by atoms with Crippen molar-refractivity contribution in [3.63, 3.8) is 0 Å². The third-order valence-electron chi connectivity index (χ3n) is 3.74. The number of amides is 1. The van der Waals surface area contributed by atoms with Crippen molar-refractivity contribution in [2.75, 3.05) is 24.2 Å². The van der Waals surface area contributed by atoms with Crippen LogP contribution in [0.5, 0.6) is 0 Å². The highest BCUT2D eigenvalue weighted by Crippen LogP contribution is 2.27. The number of nitrogens with one attached hydrogen (secondary N) is 1. The van der Waals surface area contributed by atoms with E-state index in [1.54, 1.807) is 6.07 Å². The summed E-state index contributed by atoms with van der Waals surface area (Å²) in [5.74, 6) is -0.0491.